The Morgan fingerprint density at radius 2 is 2.27 bits per heavy atom. The van der Waals surface area contributed by atoms with Gasteiger partial charge in [0, 0.05) is 19.4 Å². The number of imidazole rings is 1. The van der Waals surface area contributed by atoms with Crippen molar-refractivity contribution in [1.82, 2.24) is 9.55 Å². The maximum atomic E-state index is 11.4. The van der Waals surface area contributed by atoms with Crippen molar-refractivity contribution in [2.75, 3.05) is 0 Å². The van der Waals surface area contributed by atoms with Crippen LogP contribution >= 0.6 is 15.9 Å². The summed E-state index contributed by atoms with van der Waals surface area (Å²) >= 11 is 3.48. The molecule has 0 unspecified atom stereocenters. The van der Waals surface area contributed by atoms with E-state index in [2.05, 4.69) is 25.5 Å². The van der Waals surface area contributed by atoms with Crippen LogP contribution in [0.25, 0.3) is 0 Å². The second kappa shape index (κ2) is 4.08. The third kappa shape index (κ3) is 2.14. The molecule has 1 aliphatic carbocycles. The van der Waals surface area contributed by atoms with Crippen molar-refractivity contribution >= 4 is 21.7 Å². The minimum absolute atomic E-state index is 0.248. The maximum absolute atomic E-state index is 11.4. The van der Waals surface area contributed by atoms with E-state index in [4.69, 9.17) is 0 Å². The Morgan fingerprint density at radius 3 is 2.80 bits per heavy atom. The standard InChI is InChI=1S/C11H15BrN2O/c1-3-8(15)6-9-13-11(12)10(14(9)2)7-4-5-7/h7H,3-6H2,1-2H3. The van der Waals surface area contributed by atoms with E-state index in [1.807, 2.05) is 14.0 Å². The zero-order chi connectivity index (χ0) is 11.0. The van der Waals surface area contributed by atoms with Crippen molar-refractivity contribution in [3.63, 3.8) is 0 Å². The van der Waals surface area contributed by atoms with Crippen LogP contribution in [0.2, 0.25) is 0 Å². The number of carbonyl (C=O) groups is 1. The van der Waals surface area contributed by atoms with Crippen molar-refractivity contribution in [2.24, 2.45) is 7.05 Å². The molecule has 4 heteroatoms. The fourth-order valence-electron chi connectivity index (χ4n) is 1.78. The molecule has 3 nitrogen and oxygen atoms in total. The van der Waals surface area contributed by atoms with Gasteiger partial charge < -0.3 is 4.57 Å². The Bertz CT molecular complexity index is 394. The SMILES string of the molecule is CCC(=O)Cc1nc(Br)c(C2CC2)n1C. The number of aromatic nitrogens is 2. The van der Waals surface area contributed by atoms with Crippen LogP contribution < -0.4 is 0 Å². The van der Waals surface area contributed by atoms with Crippen molar-refractivity contribution < 1.29 is 4.79 Å². The molecule has 0 radical (unpaired) electrons. The third-order valence-electron chi connectivity index (χ3n) is 2.90. The molecule has 1 aromatic rings. The topological polar surface area (TPSA) is 34.9 Å². The average molecular weight is 271 g/mol. The van der Waals surface area contributed by atoms with Gasteiger partial charge in [0.05, 0.1) is 12.1 Å². The molecular weight excluding hydrogens is 256 g/mol. The lowest BCUT2D eigenvalue weighted by atomic mass is 10.2. The van der Waals surface area contributed by atoms with Gasteiger partial charge in [-0.15, -0.1) is 0 Å². The van der Waals surface area contributed by atoms with Crippen LogP contribution in [0, 0.1) is 0 Å². The van der Waals surface area contributed by atoms with Gasteiger partial charge in [-0.05, 0) is 28.8 Å². The minimum atomic E-state index is 0.248. The van der Waals surface area contributed by atoms with E-state index < -0.39 is 0 Å². The van der Waals surface area contributed by atoms with Crippen LogP contribution in [0.15, 0.2) is 4.60 Å². The number of Topliss-reactive ketones (excluding diaryl/α,β-unsaturated/α-hetero) is 1. The highest BCUT2D eigenvalue weighted by atomic mass is 79.9. The smallest absolute Gasteiger partial charge is 0.140 e. The Labute approximate surface area is 98.0 Å². The summed E-state index contributed by atoms with van der Waals surface area (Å²) in [4.78, 5) is 15.8. The highest BCUT2D eigenvalue weighted by molar-refractivity contribution is 9.10. The molecule has 1 aromatic heterocycles. The lowest BCUT2D eigenvalue weighted by Crippen LogP contribution is -2.07. The third-order valence-corrected chi connectivity index (χ3v) is 3.48. The number of hydrogen-bond donors (Lipinski definition) is 0. The zero-order valence-corrected chi connectivity index (χ0v) is 10.7. The largest absolute Gasteiger partial charge is 0.333 e. The molecule has 2 rings (SSSR count). The molecule has 0 spiro atoms. The first kappa shape index (κ1) is 10.9. The fourth-order valence-corrected chi connectivity index (χ4v) is 2.58. The number of ketones is 1. The Kier molecular flexibility index (Phi) is 2.96. The van der Waals surface area contributed by atoms with Crippen LogP contribution in [0.3, 0.4) is 0 Å². The summed E-state index contributed by atoms with van der Waals surface area (Å²) in [5, 5.41) is 0. The van der Waals surface area contributed by atoms with Gasteiger partial charge in [0.2, 0.25) is 0 Å². The number of hydrogen-bond acceptors (Lipinski definition) is 2. The molecule has 1 fully saturated rings. The molecule has 0 saturated heterocycles. The van der Waals surface area contributed by atoms with Crippen LogP contribution in [0.4, 0.5) is 0 Å². The molecule has 1 heterocycles. The summed E-state index contributed by atoms with van der Waals surface area (Å²) in [6.07, 6.45) is 3.54. The van der Waals surface area contributed by atoms with Gasteiger partial charge in [0.15, 0.2) is 0 Å². The molecule has 1 saturated carbocycles. The molecule has 1 aliphatic rings. The Balaban J connectivity index is 2.25. The Hall–Kier alpha value is -0.640. The van der Waals surface area contributed by atoms with Crippen molar-refractivity contribution in [1.29, 1.82) is 0 Å². The van der Waals surface area contributed by atoms with E-state index in [1.165, 1.54) is 18.5 Å². The molecular formula is C11H15BrN2O. The minimum Gasteiger partial charge on any atom is -0.333 e. The van der Waals surface area contributed by atoms with Gasteiger partial charge in [0.25, 0.3) is 0 Å². The number of nitrogens with zero attached hydrogens (tertiary/aromatic N) is 2. The summed E-state index contributed by atoms with van der Waals surface area (Å²) in [7, 11) is 2.00. The predicted molar refractivity (Wildman–Crippen MR) is 61.9 cm³/mol. The van der Waals surface area contributed by atoms with Crippen molar-refractivity contribution in [3.8, 4) is 0 Å². The van der Waals surface area contributed by atoms with E-state index in [0.29, 0.717) is 18.8 Å². The summed E-state index contributed by atoms with van der Waals surface area (Å²) < 4.78 is 3.00. The van der Waals surface area contributed by atoms with Gasteiger partial charge >= 0.3 is 0 Å². The Morgan fingerprint density at radius 1 is 1.60 bits per heavy atom. The van der Waals surface area contributed by atoms with Gasteiger partial charge in [-0.3, -0.25) is 4.79 Å². The summed E-state index contributed by atoms with van der Waals surface area (Å²) in [5.41, 5.74) is 1.26. The van der Waals surface area contributed by atoms with Crippen LogP contribution in [-0.4, -0.2) is 15.3 Å². The van der Waals surface area contributed by atoms with Gasteiger partial charge in [-0.2, -0.15) is 0 Å². The monoisotopic (exact) mass is 270 g/mol. The second-order valence-electron chi connectivity index (χ2n) is 4.11. The van der Waals surface area contributed by atoms with Crippen LogP contribution in [0.1, 0.15) is 43.6 Å². The highest BCUT2D eigenvalue weighted by Crippen LogP contribution is 2.43. The number of carbonyl (C=O) groups excluding carboxylic acids is 1. The fraction of sp³-hybridized carbons (Fsp3) is 0.636. The van der Waals surface area contributed by atoms with Gasteiger partial charge in [-0.25, -0.2) is 4.98 Å². The molecule has 0 aliphatic heterocycles. The van der Waals surface area contributed by atoms with Gasteiger partial charge in [-0.1, -0.05) is 6.92 Å². The molecule has 0 aromatic carbocycles. The second-order valence-corrected chi connectivity index (χ2v) is 4.86. The summed E-state index contributed by atoms with van der Waals surface area (Å²) in [6, 6.07) is 0. The first-order valence-corrected chi connectivity index (χ1v) is 6.15. The summed E-state index contributed by atoms with van der Waals surface area (Å²) in [5.74, 6) is 1.79. The van der Waals surface area contributed by atoms with Crippen LogP contribution in [-0.2, 0) is 18.3 Å². The number of rotatable bonds is 4. The maximum Gasteiger partial charge on any atom is 0.140 e. The first-order valence-electron chi connectivity index (χ1n) is 5.36. The average Bonchev–Trinajstić information content (AvgIpc) is 2.97. The molecule has 0 amide bonds. The highest BCUT2D eigenvalue weighted by Gasteiger charge is 2.30. The molecule has 15 heavy (non-hydrogen) atoms. The molecule has 82 valence electrons. The van der Waals surface area contributed by atoms with E-state index in [-0.39, 0.29) is 5.78 Å². The molecule has 0 bridgehead atoms. The predicted octanol–water partition coefficient (Wildman–Crippen LogP) is 2.58. The molecule has 0 N–H and O–H groups in total. The van der Waals surface area contributed by atoms with Gasteiger partial charge in [0.1, 0.15) is 16.2 Å². The normalized spacial score (nSPS) is 15.7. The van der Waals surface area contributed by atoms with Crippen molar-refractivity contribution in [2.45, 2.75) is 38.5 Å². The first-order chi connectivity index (χ1) is 7.13. The van der Waals surface area contributed by atoms with E-state index in [1.54, 1.807) is 0 Å². The van der Waals surface area contributed by atoms with E-state index >= 15 is 0 Å². The van der Waals surface area contributed by atoms with Crippen LogP contribution in [0.5, 0.6) is 0 Å². The molecule has 0 atom stereocenters. The zero-order valence-electron chi connectivity index (χ0n) is 9.09. The lowest BCUT2D eigenvalue weighted by molar-refractivity contribution is -0.118. The number of halogens is 1. The quantitative estimate of drug-likeness (QED) is 0.843. The lowest BCUT2D eigenvalue weighted by Gasteiger charge is -2.03. The van der Waals surface area contributed by atoms with E-state index in [0.717, 1.165) is 10.4 Å². The summed E-state index contributed by atoms with van der Waals surface area (Å²) in [6.45, 7) is 1.89. The van der Waals surface area contributed by atoms with Crippen molar-refractivity contribution in [3.05, 3.63) is 16.1 Å². The van der Waals surface area contributed by atoms with E-state index in [9.17, 15) is 4.79 Å².